The molecule has 0 bridgehead atoms. The molecule has 1 rings (SSSR count). The Balaban J connectivity index is 2.77. The lowest BCUT2D eigenvalue weighted by Crippen LogP contribution is -2.60. The van der Waals surface area contributed by atoms with Crippen LogP contribution in [0.2, 0.25) is 0 Å². The third-order valence-electron chi connectivity index (χ3n) is 4.74. The molecule has 0 aliphatic carbocycles. The highest BCUT2D eigenvalue weighted by molar-refractivity contribution is 7.98. The summed E-state index contributed by atoms with van der Waals surface area (Å²) in [7, 11) is 0. The molecule has 7 N–H and O–H groups in total. The molecule has 0 spiro atoms. The highest BCUT2D eigenvalue weighted by Crippen LogP contribution is 2.05. The molecule has 184 valence electrons. The molecule has 3 amide bonds. The largest absolute Gasteiger partial charge is 0.480 e. The average molecular weight is 501 g/mol. The maximum atomic E-state index is 12.7. The zero-order valence-corrected chi connectivity index (χ0v) is 20.3. The fourth-order valence-electron chi connectivity index (χ4n) is 2.85. The molecule has 0 radical (unpaired) electrons. The minimum atomic E-state index is -1.37. The number of benzene rings is 1. The Morgan fingerprint density at radius 3 is 2.15 bits per heavy atom. The van der Waals surface area contributed by atoms with Crippen molar-refractivity contribution in [3.05, 3.63) is 35.9 Å². The predicted octanol–water partition coefficient (Wildman–Crippen LogP) is -0.841. The highest BCUT2D eigenvalue weighted by atomic mass is 32.2. The summed E-state index contributed by atoms with van der Waals surface area (Å²) in [6, 6.07) is 4.45. The van der Waals surface area contributed by atoms with Crippen LogP contribution < -0.4 is 21.7 Å². The van der Waals surface area contributed by atoms with Gasteiger partial charge in [-0.05, 0) is 37.3 Å². The monoisotopic (exact) mass is 500 g/mol. The smallest absolute Gasteiger partial charge is 0.326 e. The van der Waals surface area contributed by atoms with Gasteiger partial charge in [-0.1, -0.05) is 30.3 Å². The van der Waals surface area contributed by atoms with Crippen LogP contribution in [0.1, 0.15) is 18.9 Å². The number of hydrogen-bond donors (Lipinski definition) is 7. The summed E-state index contributed by atoms with van der Waals surface area (Å²) in [5, 5.41) is 26.5. The molecule has 12 heteroatoms. The molecule has 5 unspecified atom stereocenters. The number of aliphatic carboxylic acids is 1. The van der Waals surface area contributed by atoms with Gasteiger partial charge >= 0.3 is 5.97 Å². The van der Waals surface area contributed by atoms with E-state index in [9.17, 15) is 29.4 Å². The molecular weight excluding hydrogens is 468 g/mol. The summed E-state index contributed by atoms with van der Waals surface area (Å²) >= 11 is 5.49. The summed E-state index contributed by atoms with van der Waals surface area (Å²) < 4.78 is 0. The van der Waals surface area contributed by atoms with Crippen molar-refractivity contribution >= 4 is 48.1 Å². The van der Waals surface area contributed by atoms with Crippen molar-refractivity contribution in [2.75, 3.05) is 17.8 Å². The normalized spacial score (nSPS) is 15.4. The third-order valence-corrected chi connectivity index (χ3v) is 5.75. The fraction of sp³-hybridized carbons (Fsp3) is 0.524. The molecule has 5 atom stereocenters. The van der Waals surface area contributed by atoms with Crippen LogP contribution in [0, 0.1) is 0 Å². The molecule has 1 aromatic carbocycles. The number of rotatable bonds is 14. The van der Waals surface area contributed by atoms with Gasteiger partial charge in [-0.2, -0.15) is 24.4 Å². The summed E-state index contributed by atoms with van der Waals surface area (Å²) in [4.78, 5) is 49.1. The molecule has 0 saturated carbocycles. The lowest BCUT2D eigenvalue weighted by molar-refractivity contribution is -0.142. The van der Waals surface area contributed by atoms with E-state index in [0.717, 1.165) is 5.56 Å². The molecule has 0 heterocycles. The molecule has 0 fully saturated rings. The van der Waals surface area contributed by atoms with Crippen LogP contribution in [0.3, 0.4) is 0 Å². The number of carbonyl (C=O) groups excluding carboxylic acids is 3. The van der Waals surface area contributed by atoms with Crippen molar-refractivity contribution in [1.29, 1.82) is 0 Å². The average Bonchev–Trinajstić information content (AvgIpc) is 2.78. The van der Waals surface area contributed by atoms with E-state index in [1.54, 1.807) is 0 Å². The van der Waals surface area contributed by atoms with Crippen LogP contribution in [0.4, 0.5) is 0 Å². The van der Waals surface area contributed by atoms with Gasteiger partial charge in [0.1, 0.15) is 18.1 Å². The molecule has 0 saturated heterocycles. The van der Waals surface area contributed by atoms with Crippen LogP contribution in [0.25, 0.3) is 0 Å². The van der Waals surface area contributed by atoms with E-state index in [1.165, 1.54) is 18.7 Å². The molecule has 0 aliphatic heterocycles. The van der Waals surface area contributed by atoms with Gasteiger partial charge in [0.25, 0.3) is 0 Å². The van der Waals surface area contributed by atoms with Gasteiger partial charge in [0.2, 0.25) is 17.7 Å². The first-order valence-electron chi connectivity index (χ1n) is 10.3. The molecule has 33 heavy (non-hydrogen) atoms. The lowest BCUT2D eigenvalue weighted by atomic mass is 10.0. The van der Waals surface area contributed by atoms with E-state index in [2.05, 4.69) is 28.6 Å². The number of carboxylic acids is 1. The minimum Gasteiger partial charge on any atom is -0.480 e. The zero-order chi connectivity index (χ0) is 25.0. The van der Waals surface area contributed by atoms with Crippen LogP contribution in [0.5, 0.6) is 0 Å². The van der Waals surface area contributed by atoms with Gasteiger partial charge < -0.3 is 31.9 Å². The summed E-state index contributed by atoms with van der Waals surface area (Å²) in [6.45, 7) is 1.31. The van der Waals surface area contributed by atoms with Crippen molar-refractivity contribution in [2.24, 2.45) is 5.73 Å². The zero-order valence-electron chi connectivity index (χ0n) is 18.6. The van der Waals surface area contributed by atoms with Gasteiger partial charge in [0, 0.05) is 5.75 Å². The van der Waals surface area contributed by atoms with Crippen molar-refractivity contribution in [3.8, 4) is 0 Å². The van der Waals surface area contributed by atoms with E-state index in [0.29, 0.717) is 5.75 Å². The quantitative estimate of drug-likeness (QED) is 0.162. The van der Waals surface area contributed by atoms with Gasteiger partial charge in [-0.25, -0.2) is 4.79 Å². The summed E-state index contributed by atoms with van der Waals surface area (Å²) in [5.74, 6) is -2.99. The van der Waals surface area contributed by atoms with Crippen LogP contribution in [-0.4, -0.2) is 81.9 Å². The SMILES string of the molecule is CSCCC(NC(=O)C(CS)NC(=O)C(NC(=O)C(N)Cc1ccccc1)C(C)O)C(=O)O. The Bertz CT molecular complexity index is 796. The molecular formula is C21H32N4O6S2. The first-order chi connectivity index (χ1) is 15.6. The topological polar surface area (TPSA) is 171 Å². The second-order valence-corrected chi connectivity index (χ2v) is 8.80. The maximum absolute atomic E-state index is 12.7. The second kappa shape index (κ2) is 14.8. The summed E-state index contributed by atoms with van der Waals surface area (Å²) in [6.07, 6.45) is 0.971. The number of thioether (sulfide) groups is 1. The molecule has 0 aliphatic rings. The molecule has 10 nitrogen and oxygen atoms in total. The Kier molecular flexibility index (Phi) is 12.9. The number of amides is 3. The lowest BCUT2D eigenvalue weighted by Gasteiger charge is -2.26. The van der Waals surface area contributed by atoms with Gasteiger partial charge in [-0.15, -0.1) is 0 Å². The Hall–Kier alpha value is -2.28. The van der Waals surface area contributed by atoms with E-state index < -0.39 is 54.0 Å². The molecule has 1 aromatic rings. The summed E-state index contributed by atoms with van der Waals surface area (Å²) in [5.41, 5.74) is 6.77. The van der Waals surface area contributed by atoms with Crippen LogP contribution in [0.15, 0.2) is 30.3 Å². The van der Waals surface area contributed by atoms with Gasteiger partial charge in [0.15, 0.2) is 0 Å². The first-order valence-corrected chi connectivity index (χ1v) is 12.3. The maximum Gasteiger partial charge on any atom is 0.326 e. The molecule has 0 aromatic heterocycles. The standard InChI is InChI=1S/C21H32N4O6S2/c1-12(26)17(25-18(27)14(22)10-13-6-4-3-5-7-13)20(29)24-16(11-32)19(28)23-15(21(30)31)8-9-33-2/h3-7,12,14-17,26,32H,8-11,22H2,1-2H3,(H,23,28)(H,24,29)(H,25,27)(H,30,31). The highest BCUT2D eigenvalue weighted by Gasteiger charge is 2.31. The Morgan fingerprint density at radius 1 is 1.03 bits per heavy atom. The predicted molar refractivity (Wildman–Crippen MR) is 130 cm³/mol. The van der Waals surface area contributed by atoms with E-state index >= 15 is 0 Å². The number of hydrogen-bond acceptors (Lipinski definition) is 8. The number of nitrogens with two attached hydrogens (primary N) is 1. The number of nitrogens with one attached hydrogen (secondary N) is 3. The Labute approximate surface area is 202 Å². The van der Waals surface area contributed by atoms with Crippen molar-refractivity contribution in [3.63, 3.8) is 0 Å². The third kappa shape index (κ3) is 10.0. The van der Waals surface area contributed by atoms with Crippen LogP contribution >= 0.6 is 24.4 Å². The number of carbonyl (C=O) groups is 4. The van der Waals surface area contributed by atoms with Gasteiger partial charge in [0.05, 0.1) is 12.1 Å². The fourth-order valence-corrected chi connectivity index (χ4v) is 3.58. The number of aliphatic hydroxyl groups is 1. The van der Waals surface area contributed by atoms with Crippen molar-refractivity contribution in [1.82, 2.24) is 16.0 Å². The van der Waals surface area contributed by atoms with E-state index in [4.69, 9.17) is 5.73 Å². The number of thiol groups is 1. The van der Waals surface area contributed by atoms with Gasteiger partial charge in [-0.3, -0.25) is 14.4 Å². The van der Waals surface area contributed by atoms with E-state index in [1.807, 2.05) is 36.6 Å². The van der Waals surface area contributed by atoms with Crippen LogP contribution in [-0.2, 0) is 25.6 Å². The second-order valence-electron chi connectivity index (χ2n) is 7.45. The number of carboxylic acid groups (broad SMARTS) is 1. The van der Waals surface area contributed by atoms with Crippen molar-refractivity contribution < 1.29 is 29.4 Å². The first kappa shape index (κ1) is 28.8. The Morgan fingerprint density at radius 2 is 1.64 bits per heavy atom. The van der Waals surface area contributed by atoms with Crippen molar-refractivity contribution in [2.45, 2.75) is 50.0 Å². The number of aliphatic hydroxyl groups excluding tert-OH is 1. The minimum absolute atomic E-state index is 0.125. The van der Waals surface area contributed by atoms with E-state index in [-0.39, 0.29) is 18.6 Å².